The molecule has 0 heterocycles. The van der Waals surface area contributed by atoms with E-state index in [1.54, 1.807) is 0 Å². The quantitative estimate of drug-likeness (QED) is 0.671. The smallest absolute Gasteiger partial charge is 0.131 e. The Morgan fingerprint density at radius 2 is 2.31 bits per heavy atom. The third kappa shape index (κ3) is 1.73. The summed E-state index contributed by atoms with van der Waals surface area (Å²) < 4.78 is 0. The van der Waals surface area contributed by atoms with E-state index in [4.69, 9.17) is 5.73 Å². The molecule has 0 aliphatic heterocycles. The Morgan fingerprint density at radius 1 is 1.62 bits per heavy atom. The number of allylic oxidation sites excluding steroid dienone is 2. The molecule has 0 amide bonds. The first-order valence-corrected chi connectivity index (χ1v) is 4.80. The van der Waals surface area contributed by atoms with Crippen molar-refractivity contribution in [2.75, 3.05) is 0 Å². The van der Waals surface area contributed by atoms with E-state index in [0.717, 1.165) is 19.1 Å². The first-order valence-electron chi connectivity index (χ1n) is 4.80. The lowest BCUT2D eigenvalue weighted by atomic mass is 9.75. The lowest BCUT2D eigenvalue weighted by Gasteiger charge is -2.31. The van der Waals surface area contributed by atoms with Gasteiger partial charge in [-0.05, 0) is 12.8 Å². The minimum Gasteiger partial charge on any atom is -0.323 e. The van der Waals surface area contributed by atoms with Crippen LogP contribution in [0.2, 0.25) is 0 Å². The van der Waals surface area contributed by atoms with Crippen molar-refractivity contribution < 1.29 is 4.79 Å². The van der Waals surface area contributed by atoms with Gasteiger partial charge < -0.3 is 10.5 Å². The predicted molar refractivity (Wildman–Crippen MR) is 54.3 cm³/mol. The molecule has 0 spiro atoms. The van der Waals surface area contributed by atoms with Gasteiger partial charge in [-0.3, -0.25) is 0 Å². The molecular formula is C11H17NO. The van der Waals surface area contributed by atoms with Gasteiger partial charge in [-0.2, -0.15) is 0 Å². The van der Waals surface area contributed by atoms with E-state index in [-0.39, 0.29) is 6.04 Å². The van der Waals surface area contributed by atoms with Crippen LogP contribution < -0.4 is 5.73 Å². The van der Waals surface area contributed by atoms with Crippen LogP contribution in [0.15, 0.2) is 23.8 Å². The van der Waals surface area contributed by atoms with Gasteiger partial charge in [0.2, 0.25) is 0 Å². The molecule has 0 aromatic heterocycles. The van der Waals surface area contributed by atoms with Gasteiger partial charge in [0.15, 0.2) is 0 Å². The molecule has 0 aromatic rings. The van der Waals surface area contributed by atoms with Crippen molar-refractivity contribution in [3.8, 4) is 0 Å². The first-order chi connectivity index (χ1) is 6.18. The highest BCUT2D eigenvalue weighted by Crippen LogP contribution is 2.30. The number of carbonyl (C=O) groups excluding carboxylic acids is 1. The molecular weight excluding hydrogens is 162 g/mol. The SMILES string of the molecule is CCC1=C[C@H](N)[C@](C=O)(CC)C=C1. The molecule has 0 saturated heterocycles. The lowest BCUT2D eigenvalue weighted by molar-refractivity contribution is -0.114. The van der Waals surface area contributed by atoms with Gasteiger partial charge in [0.05, 0.1) is 5.41 Å². The molecule has 0 fully saturated rings. The summed E-state index contributed by atoms with van der Waals surface area (Å²) >= 11 is 0. The summed E-state index contributed by atoms with van der Waals surface area (Å²) in [5, 5.41) is 0. The summed E-state index contributed by atoms with van der Waals surface area (Å²) in [4.78, 5) is 11.0. The number of carbonyl (C=O) groups is 1. The molecule has 0 bridgehead atoms. The molecule has 0 radical (unpaired) electrons. The summed E-state index contributed by atoms with van der Waals surface area (Å²) in [7, 11) is 0. The zero-order chi connectivity index (χ0) is 9.90. The fourth-order valence-electron chi connectivity index (χ4n) is 1.61. The third-order valence-electron chi connectivity index (χ3n) is 2.86. The Labute approximate surface area is 79.5 Å². The van der Waals surface area contributed by atoms with Crippen LogP contribution in [0.5, 0.6) is 0 Å². The number of nitrogens with two attached hydrogens (primary N) is 1. The first kappa shape index (κ1) is 10.2. The van der Waals surface area contributed by atoms with Crippen LogP contribution in [-0.2, 0) is 4.79 Å². The van der Waals surface area contributed by atoms with Crippen LogP contribution >= 0.6 is 0 Å². The normalized spacial score (nSPS) is 32.8. The zero-order valence-electron chi connectivity index (χ0n) is 8.29. The average molecular weight is 179 g/mol. The second-order valence-electron chi connectivity index (χ2n) is 3.54. The largest absolute Gasteiger partial charge is 0.323 e. The van der Waals surface area contributed by atoms with E-state index in [1.807, 2.05) is 25.2 Å². The molecule has 0 saturated carbocycles. The standard InChI is InChI=1S/C11H17NO/c1-3-9-5-6-11(4-2,8-13)10(12)7-9/h5-8,10H,3-4,12H2,1-2H3/t10-,11+/m0/s1. The molecule has 13 heavy (non-hydrogen) atoms. The highest BCUT2D eigenvalue weighted by molar-refractivity contribution is 5.66. The second kappa shape index (κ2) is 3.88. The van der Waals surface area contributed by atoms with Crippen molar-refractivity contribution in [3.05, 3.63) is 23.8 Å². The molecule has 2 heteroatoms. The molecule has 2 N–H and O–H groups in total. The highest BCUT2D eigenvalue weighted by Gasteiger charge is 2.32. The summed E-state index contributed by atoms with van der Waals surface area (Å²) in [5.41, 5.74) is 6.70. The molecule has 1 rings (SSSR count). The van der Waals surface area contributed by atoms with E-state index in [0.29, 0.717) is 0 Å². The number of aldehydes is 1. The fraction of sp³-hybridized carbons (Fsp3) is 0.545. The fourth-order valence-corrected chi connectivity index (χ4v) is 1.61. The summed E-state index contributed by atoms with van der Waals surface area (Å²) in [6.07, 6.45) is 8.67. The third-order valence-corrected chi connectivity index (χ3v) is 2.86. The predicted octanol–water partition coefficient (Wildman–Crippen LogP) is 1.82. The van der Waals surface area contributed by atoms with Crippen molar-refractivity contribution in [2.24, 2.45) is 11.1 Å². The Morgan fingerprint density at radius 3 is 2.69 bits per heavy atom. The van der Waals surface area contributed by atoms with E-state index in [2.05, 4.69) is 6.92 Å². The second-order valence-corrected chi connectivity index (χ2v) is 3.54. The van der Waals surface area contributed by atoms with Gasteiger partial charge in [-0.15, -0.1) is 0 Å². The Bertz CT molecular complexity index is 255. The summed E-state index contributed by atoms with van der Waals surface area (Å²) in [5.74, 6) is 0. The Hall–Kier alpha value is -0.890. The summed E-state index contributed by atoms with van der Waals surface area (Å²) in [6, 6.07) is -0.157. The number of rotatable bonds is 3. The van der Waals surface area contributed by atoms with Crippen LogP contribution in [0.25, 0.3) is 0 Å². The highest BCUT2D eigenvalue weighted by atomic mass is 16.1. The van der Waals surface area contributed by atoms with E-state index < -0.39 is 5.41 Å². The van der Waals surface area contributed by atoms with E-state index >= 15 is 0 Å². The topological polar surface area (TPSA) is 43.1 Å². The van der Waals surface area contributed by atoms with Gasteiger partial charge >= 0.3 is 0 Å². The van der Waals surface area contributed by atoms with Crippen molar-refractivity contribution in [3.63, 3.8) is 0 Å². The minimum absolute atomic E-state index is 0.157. The van der Waals surface area contributed by atoms with Gasteiger partial charge in [-0.1, -0.05) is 37.6 Å². The van der Waals surface area contributed by atoms with Gasteiger partial charge in [-0.25, -0.2) is 0 Å². The van der Waals surface area contributed by atoms with Crippen molar-refractivity contribution in [2.45, 2.75) is 32.7 Å². The Balaban J connectivity index is 2.92. The van der Waals surface area contributed by atoms with Crippen LogP contribution in [0.3, 0.4) is 0 Å². The monoisotopic (exact) mass is 179 g/mol. The molecule has 0 aromatic carbocycles. The van der Waals surface area contributed by atoms with Crippen LogP contribution in [0.1, 0.15) is 26.7 Å². The minimum atomic E-state index is -0.460. The Kier molecular flexibility index (Phi) is 3.04. The van der Waals surface area contributed by atoms with E-state index in [9.17, 15) is 4.79 Å². The van der Waals surface area contributed by atoms with Gasteiger partial charge in [0.25, 0.3) is 0 Å². The van der Waals surface area contributed by atoms with Crippen LogP contribution in [-0.4, -0.2) is 12.3 Å². The van der Waals surface area contributed by atoms with E-state index in [1.165, 1.54) is 5.57 Å². The molecule has 1 aliphatic rings. The number of hydrogen-bond donors (Lipinski definition) is 1. The van der Waals surface area contributed by atoms with Gasteiger partial charge in [0, 0.05) is 6.04 Å². The maximum atomic E-state index is 11.0. The summed E-state index contributed by atoms with van der Waals surface area (Å²) in [6.45, 7) is 4.08. The molecule has 0 unspecified atom stereocenters. The van der Waals surface area contributed by atoms with Gasteiger partial charge in [0.1, 0.15) is 6.29 Å². The molecule has 1 aliphatic carbocycles. The maximum absolute atomic E-state index is 11.0. The zero-order valence-corrected chi connectivity index (χ0v) is 8.29. The van der Waals surface area contributed by atoms with Crippen LogP contribution in [0.4, 0.5) is 0 Å². The molecule has 2 nitrogen and oxygen atoms in total. The van der Waals surface area contributed by atoms with Crippen molar-refractivity contribution in [1.29, 1.82) is 0 Å². The molecule has 72 valence electrons. The molecule has 2 atom stereocenters. The lowest BCUT2D eigenvalue weighted by Crippen LogP contribution is -2.41. The average Bonchev–Trinajstić information content (AvgIpc) is 2.18. The van der Waals surface area contributed by atoms with Crippen molar-refractivity contribution >= 4 is 6.29 Å². The maximum Gasteiger partial charge on any atom is 0.131 e. The van der Waals surface area contributed by atoms with Crippen molar-refractivity contribution in [1.82, 2.24) is 0 Å². The van der Waals surface area contributed by atoms with Crippen LogP contribution in [0, 0.1) is 5.41 Å². The number of hydrogen-bond acceptors (Lipinski definition) is 2.